The van der Waals surface area contributed by atoms with Gasteiger partial charge in [0.15, 0.2) is 11.6 Å². The molecular formula is C37H52FN7O4S. The summed E-state index contributed by atoms with van der Waals surface area (Å²) in [5, 5.41) is 3.11. The van der Waals surface area contributed by atoms with Gasteiger partial charge in [0.1, 0.15) is 17.5 Å². The molecular weight excluding hydrogens is 658 g/mol. The predicted molar refractivity (Wildman–Crippen MR) is 198 cm³/mol. The Balaban J connectivity index is 0.00000156. The van der Waals surface area contributed by atoms with Crippen LogP contribution in [0.5, 0.6) is 5.75 Å². The highest BCUT2D eigenvalue weighted by molar-refractivity contribution is 7.97. The van der Waals surface area contributed by atoms with Gasteiger partial charge in [-0.1, -0.05) is 6.07 Å². The maximum Gasteiger partial charge on any atom is 0.326 e. The van der Waals surface area contributed by atoms with Gasteiger partial charge in [0, 0.05) is 49.8 Å². The van der Waals surface area contributed by atoms with E-state index < -0.39 is 11.4 Å². The number of nitrogens with two attached hydrogens (primary N) is 1. The number of hydrogen-bond donors (Lipinski definition) is 2. The second-order valence-electron chi connectivity index (χ2n) is 14.2. The van der Waals surface area contributed by atoms with Crippen molar-refractivity contribution in [3.05, 3.63) is 54.7 Å². The number of pyridine rings is 1. The summed E-state index contributed by atoms with van der Waals surface area (Å²) in [7, 11) is 1.44. The van der Waals surface area contributed by atoms with Crippen LogP contribution in [-0.4, -0.2) is 101 Å². The standard InChI is InChI=1S/C35H46FN7O4.C2H6S/c1-34(2,3)47-27-19-25(8-14-37)43(22-27)33-39-20-24(21-40-33)23-9-15-38-30(18-23)41-28-6-5-7-29(31(28)36)46-26-10-16-42(17-11-26)35(12-13-35)32(44)45-4;1-3-2/h5-7,9,15,18,20-21,25-27H,8,10-14,16-17,19,22,37H2,1-4H3,(H,38,41);1-2H3. The van der Waals surface area contributed by atoms with Gasteiger partial charge in [0.2, 0.25) is 5.95 Å². The Labute approximate surface area is 299 Å². The second-order valence-corrected chi connectivity index (χ2v) is 15.0. The Bertz CT molecular complexity index is 1560. The molecule has 2 saturated heterocycles. The highest BCUT2D eigenvalue weighted by atomic mass is 32.2. The van der Waals surface area contributed by atoms with Crippen LogP contribution in [0.4, 0.5) is 21.8 Å². The average molecular weight is 710 g/mol. The topological polar surface area (TPSA) is 128 Å². The molecule has 2 atom stereocenters. The molecule has 13 heteroatoms. The molecule has 2 aliphatic heterocycles. The van der Waals surface area contributed by atoms with Crippen molar-refractivity contribution in [3.63, 3.8) is 0 Å². The van der Waals surface area contributed by atoms with Crippen molar-refractivity contribution in [2.45, 2.75) is 88.7 Å². The van der Waals surface area contributed by atoms with Gasteiger partial charge in [-0.3, -0.25) is 9.69 Å². The minimum atomic E-state index is -0.477. The van der Waals surface area contributed by atoms with Crippen molar-refractivity contribution in [1.29, 1.82) is 0 Å². The number of likely N-dealkylation sites (tertiary alicyclic amines) is 1. The first-order valence-corrected chi connectivity index (χ1v) is 19.0. The van der Waals surface area contributed by atoms with Gasteiger partial charge in [-0.25, -0.2) is 19.3 Å². The number of ether oxygens (including phenoxy) is 3. The summed E-state index contributed by atoms with van der Waals surface area (Å²) in [5.74, 6) is 0.683. The first-order valence-electron chi connectivity index (χ1n) is 17.4. The van der Waals surface area contributed by atoms with Gasteiger partial charge in [-0.15, -0.1) is 0 Å². The quantitative estimate of drug-likeness (QED) is 0.225. The van der Waals surface area contributed by atoms with Crippen LogP contribution in [0.3, 0.4) is 0 Å². The fraction of sp³-hybridized carbons (Fsp3) is 0.568. The fourth-order valence-electron chi connectivity index (χ4n) is 6.84. The van der Waals surface area contributed by atoms with Crippen molar-refractivity contribution < 1.29 is 23.4 Å². The molecule has 3 aliphatic rings. The number of thioether (sulfide) groups is 1. The Morgan fingerprint density at radius 2 is 1.78 bits per heavy atom. The van der Waals surface area contributed by atoms with Crippen LogP contribution >= 0.6 is 11.8 Å². The van der Waals surface area contributed by atoms with E-state index in [9.17, 15) is 4.79 Å². The maximum atomic E-state index is 15.6. The Kier molecular flexibility index (Phi) is 12.6. The predicted octanol–water partition coefficient (Wildman–Crippen LogP) is 6.06. The van der Waals surface area contributed by atoms with Crippen LogP contribution in [0.1, 0.15) is 59.3 Å². The highest BCUT2D eigenvalue weighted by Crippen LogP contribution is 2.44. The SMILES string of the molecule is COC(=O)C1(N2CCC(Oc3cccc(Nc4cc(-c5cnc(N6CC(OC(C)(C)C)CC6CCN)nc5)ccn4)c3F)CC2)CC1.CSC. The Hall–Kier alpha value is -3.52. The fourth-order valence-corrected chi connectivity index (χ4v) is 6.84. The number of benzene rings is 1. The summed E-state index contributed by atoms with van der Waals surface area (Å²) >= 11 is 1.75. The van der Waals surface area contributed by atoms with Crippen LogP contribution in [-0.2, 0) is 14.3 Å². The summed E-state index contributed by atoms with van der Waals surface area (Å²) in [6.07, 6.45) is 14.1. The summed E-state index contributed by atoms with van der Waals surface area (Å²) < 4.78 is 33.0. The number of nitrogens with zero attached hydrogens (tertiary/aromatic N) is 5. The van der Waals surface area contributed by atoms with E-state index in [1.54, 1.807) is 48.6 Å². The maximum absolute atomic E-state index is 15.6. The number of piperidine rings is 1. The molecule has 0 bridgehead atoms. The lowest BCUT2D eigenvalue weighted by atomic mass is 10.0. The molecule has 3 fully saturated rings. The van der Waals surface area contributed by atoms with Gasteiger partial charge in [-0.2, -0.15) is 11.8 Å². The number of carbonyl (C=O) groups is 1. The summed E-state index contributed by atoms with van der Waals surface area (Å²) in [6, 6.07) is 9.00. The van der Waals surface area contributed by atoms with Crippen LogP contribution in [0.2, 0.25) is 0 Å². The number of anilines is 3. The first kappa shape index (κ1) is 37.7. The normalized spacial score (nSPS) is 20.5. The van der Waals surface area contributed by atoms with E-state index in [2.05, 4.69) is 40.9 Å². The third-order valence-corrected chi connectivity index (χ3v) is 9.24. The zero-order valence-electron chi connectivity index (χ0n) is 30.2. The van der Waals surface area contributed by atoms with Crippen molar-refractivity contribution in [2.75, 3.05) is 56.0 Å². The molecule has 2 unspecified atom stereocenters. The molecule has 3 N–H and O–H groups in total. The van der Waals surface area contributed by atoms with Crippen LogP contribution in [0, 0.1) is 5.82 Å². The number of methoxy groups -OCH3 is 1. The molecule has 1 saturated carbocycles. The van der Waals surface area contributed by atoms with Crippen LogP contribution < -0.4 is 20.7 Å². The number of esters is 1. The van der Waals surface area contributed by atoms with E-state index in [1.165, 1.54) is 7.11 Å². The molecule has 0 radical (unpaired) electrons. The first-order chi connectivity index (χ1) is 24.0. The molecule has 2 aromatic heterocycles. The monoisotopic (exact) mass is 709 g/mol. The van der Waals surface area contributed by atoms with Gasteiger partial charge in [0.25, 0.3) is 0 Å². The van der Waals surface area contributed by atoms with Gasteiger partial charge < -0.3 is 30.2 Å². The van der Waals surface area contributed by atoms with E-state index in [-0.39, 0.29) is 41.3 Å². The summed E-state index contributed by atoms with van der Waals surface area (Å²) in [6.45, 7) is 8.92. The lowest BCUT2D eigenvalue weighted by Gasteiger charge is -2.36. The molecule has 0 spiro atoms. The zero-order valence-corrected chi connectivity index (χ0v) is 31.0. The van der Waals surface area contributed by atoms with Crippen molar-refractivity contribution in [2.24, 2.45) is 5.73 Å². The van der Waals surface area contributed by atoms with Gasteiger partial charge in [0.05, 0.1) is 24.5 Å². The van der Waals surface area contributed by atoms with Crippen molar-refractivity contribution >= 4 is 35.2 Å². The molecule has 272 valence electrons. The highest BCUT2D eigenvalue weighted by Gasteiger charge is 2.56. The number of aromatic nitrogens is 3. The third kappa shape index (κ3) is 9.22. The number of carbonyl (C=O) groups excluding carboxylic acids is 1. The molecule has 4 heterocycles. The van der Waals surface area contributed by atoms with Crippen LogP contribution in [0.15, 0.2) is 48.9 Å². The van der Waals surface area contributed by atoms with Crippen molar-refractivity contribution in [3.8, 4) is 16.9 Å². The molecule has 3 aromatic rings. The molecule has 1 aromatic carbocycles. The van der Waals surface area contributed by atoms with E-state index in [4.69, 9.17) is 29.9 Å². The molecule has 0 amide bonds. The van der Waals surface area contributed by atoms with E-state index in [0.717, 1.165) is 36.8 Å². The van der Waals surface area contributed by atoms with Gasteiger partial charge in [-0.05, 0) is 108 Å². The van der Waals surface area contributed by atoms with E-state index in [0.29, 0.717) is 50.8 Å². The number of nitrogens with one attached hydrogen (secondary N) is 1. The molecule has 11 nitrogen and oxygen atoms in total. The number of hydrogen-bond acceptors (Lipinski definition) is 12. The van der Waals surface area contributed by atoms with Crippen molar-refractivity contribution in [1.82, 2.24) is 19.9 Å². The van der Waals surface area contributed by atoms with E-state index in [1.807, 2.05) is 24.6 Å². The second kappa shape index (κ2) is 16.7. The zero-order chi connectivity index (χ0) is 35.9. The molecule has 6 rings (SSSR count). The minimum absolute atomic E-state index is 0.0916. The minimum Gasteiger partial charge on any atom is -0.487 e. The number of halogens is 1. The molecule has 1 aliphatic carbocycles. The Morgan fingerprint density at radius 3 is 2.40 bits per heavy atom. The lowest BCUT2D eigenvalue weighted by Crippen LogP contribution is -2.49. The Morgan fingerprint density at radius 1 is 1.08 bits per heavy atom. The largest absolute Gasteiger partial charge is 0.487 e. The smallest absolute Gasteiger partial charge is 0.326 e. The summed E-state index contributed by atoms with van der Waals surface area (Å²) in [5.41, 5.74) is 7.15. The summed E-state index contributed by atoms with van der Waals surface area (Å²) in [4.78, 5) is 30.5. The van der Waals surface area contributed by atoms with E-state index >= 15 is 4.39 Å². The van der Waals surface area contributed by atoms with Gasteiger partial charge >= 0.3 is 5.97 Å². The average Bonchev–Trinajstić information content (AvgIpc) is 3.82. The third-order valence-electron chi connectivity index (χ3n) is 9.24. The van der Waals surface area contributed by atoms with Crippen LogP contribution in [0.25, 0.3) is 11.1 Å². The molecule has 50 heavy (non-hydrogen) atoms. The number of rotatable bonds is 11. The lowest BCUT2D eigenvalue weighted by molar-refractivity contribution is -0.149.